The first kappa shape index (κ1) is 17.0. The summed E-state index contributed by atoms with van der Waals surface area (Å²) in [4.78, 5) is 28.9. The number of ether oxygens (including phenoxy) is 1. The molecule has 0 aliphatic carbocycles. The highest BCUT2D eigenvalue weighted by Gasteiger charge is 2.33. The second-order valence-electron chi connectivity index (χ2n) is 6.51. The van der Waals surface area contributed by atoms with E-state index in [0.717, 1.165) is 11.4 Å². The van der Waals surface area contributed by atoms with Crippen molar-refractivity contribution in [2.75, 3.05) is 25.1 Å². The van der Waals surface area contributed by atoms with Gasteiger partial charge in [0.2, 0.25) is 5.91 Å². The van der Waals surface area contributed by atoms with Gasteiger partial charge in [0.25, 0.3) is 5.91 Å². The van der Waals surface area contributed by atoms with Crippen LogP contribution in [0.2, 0.25) is 0 Å². The van der Waals surface area contributed by atoms with Gasteiger partial charge in [-0.15, -0.1) is 0 Å². The van der Waals surface area contributed by atoms with E-state index in [4.69, 9.17) is 4.74 Å². The molecule has 2 aromatic carbocycles. The van der Waals surface area contributed by atoms with Crippen molar-refractivity contribution in [3.63, 3.8) is 0 Å². The van der Waals surface area contributed by atoms with E-state index in [1.54, 1.807) is 35.1 Å². The van der Waals surface area contributed by atoms with Gasteiger partial charge in [-0.1, -0.05) is 0 Å². The summed E-state index contributed by atoms with van der Waals surface area (Å²) < 4.78 is 5.16. The van der Waals surface area contributed by atoms with E-state index in [-0.39, 0.29) is 24.4 Å². The Hall–Kier alpha value is -3.42. The first-order valence-corrected chi connectivity index (χ1v) is 8.63. The molecule has 1 aromatic heterocycles. The number of anilines is 1. The molecule has 8 nitrogen and oxygen atoms in total. The fourth-order valence-corrected chi connectivity index (χ4v) is 3.27. The summed E-state index contributed by atoms with van der Waals surface area (Å²) in [6.07, 6.45) is 0. The van der Waals surface area contributed by atoms with Gasteiger partial charge in [0.15, 0.2) is 0 Å². The van der Waals surface area contributed by atoms with Crippen molar-refractivity contribution < 1.29 is 14.3 Å². The average molecular weight is 365 g/mol. The van der Waals surface area contributed by atoms with Crippen LogP contribution in [0.4, 0.5) is 5.69 Å². The Morgan fingerprint density at radius 1 is 1.15 bits per heavy atom. The van der Waals surface area contributed by atoms with E-state index in [1.807, 2.05) is 31.2 Å². The Labute approximate surface area is 155 Å². The van der Waals surface area contributed by atoms with Crippen molar-refractivity contribution in [3.8, 4) is 5.75 Å². The second-order valence-corrected chi connectivity index (χ2v) is 6.51. The molecule has 0 bridgehead atoms. The molecule has 0 unspecified atom stereocenters. The van der Waals surface area contributed by atoms with Gasteiger partial charge in [0.1, 0.15) is 23.3 Å². The molecule has 8 heteroatoms. The van der Waals surface area contributed by atoms with Gasteiger partial charge in [-0.25, -0.2) is 0 Å². The lowest BCUT2D eigenvalue weighted by Crippen LogP contribution is -2.57. The Bertz CT molecular complexity index is 998. The Kier molecular flexibility index (Phi) is 4.23. The summed E-state index contributed by atoms with van der Waals surface area (Å²) in [6.45, 7) is 2.40. The van der Waals surface area contributed by atoms with Crippen molar-refractivity contribution in [2.24, 2.45) is 0 Å². The molecular formula is C19H19N5O3. The number of carbonyl (C=O) groups excluding carboxylic acids is 2. The Morgan fingerprint density at radius 2 is 1.89 bits per heavy atom. The number of nitrogens with one attached hydrogen (secondary N) is 1. The number of piperazine rings is 1. The van der Waals surface area contributed by atoms with Crippen molar-refractivity contribution >= 4 is 28.5 Å². The third kappa shape index (κ3) is 3.10. The fourth-order valence-electron chi connectivity index (χ4n) is 3.27. The quantitative estimate of drug-likeness (QED) is 0.765. The number of nitrogens with zero attached hydrogens (tertiary/aromatic N) is 4. The zero-order valence-electron chi connectivity index (χ0n) is 15.0. The molecule has 1 aliphatic heterocycles. The molecule has 1 aliphatic rings. The Balaban J connectivity index is 1.54. The van der Waals surface area contributed by atoms with Crippen LogP contribution in [0.15, 0.2) is 42.5 Å². The molecule has 0 saturated carbocycles. The summed E-state index contributed by atoms with van der Waals surface area (Å²) in [5, 5.41) is 10.5. The minimum Gasteiger partial charge on any atom is -0.497 e. The molecule has 0 radical (unpaired) electrons. The molecular weight excluding hydrogens is 346 g/mol. The molecule has 4 rings (SSSR count). The number of hydrogen-bond acceptors (Lipinski definition) is 5. The molecule has 27 heavy (non-hydrogen) atoms. The van der Waals surface area contributed by atoms with Gasteiger partial charge in [0, 0.05) is 23.8 Å². The van der Waals surface area contributed by atoms with Gasteiger partial charge in [0.05, 0.1) is 7.11 Å². The zero-order valence-corrected chi connectivity index (χ0v) is 15.0. The van der Waals surface area contributed by atoms with Gasteiger partial charge in [-0.2, -0.15) is 15.4 Å². The lowest BCUT2D eigenvalue weighted by atomic mass is 10.1. The van der Waals surface area contributed by atoms with Crippen LogP contribution in [0, 0.1) is 0 Å². The van der Waals surface area contributed by atoms with Crippen LogP contribution in [0.3, 0.4) is 0 Å². The van der Waals surface area contributed by atoms with E-state index in [9.17, 15) is 9.59 Å². The van der Waals surface area contributed by atoms with E-state index in [0.29, 0.717) is 23.1 Å². The largest absolute Gasteiger partial charge is 0.497 e. The number of aromatic nitrogens is 3. The maximum Gasteiger partial charge on any atom is 0.254 e. The fraction of sp³-hybridized carbons (Fsp3) is 0.263. The maximum absolute atomic E-state index is 12.9. The third-order valence-electron chi connectivity index (χ3n) is 4.79. The van der Waals surface area contributed by atoms with E-state index < -0.39 is 0 Å². The van der Waals surface area contributed by atoms with Gasteiger partial charge < -0.3 is 14.5 Å². The maximum atomic E-state index is 12.9. The van der Waals surface area contributed by atoms with Crippen molar-refractivity contribution in [3.05, 3.63) is 48.0 Å². The minimum atomic E-state index is -0.185. The molecule has 1 N–H and O–H groups in total. The number of aromatic amines is 1. The summed E-state index contributed by atoms with van der Waals surface area (Å²) in [5.74, 6) is 0.431. The van der Waals surface area contributed by atoms with Crippen LogP contribution in [0.1, 0.15) is 17.3 Å². The lowest BCUT2D eigenvalue weighted by Gasteiger charge is -2.39. The molecule has 1 fully saturated rings. The van der Waals surface area contributed by atoms with Crippen LogP contribution < -0.4 is 9.64 Å². The molecule has 0 spiro atoms. The molecule has 3 aromatic rings. The number of hydrogen-bond donors (Lipinski definition) is 1. The minimum absolute atomic E-state index is 0.0306. The number of amides is 2. The van der Waals surface area contributed by atoms with Crippen molar-refractivity contribution in [2.45, 2.75) is 13.0 Å². The normalized spacial score (nSPS) is 17.4. The van der Waals surface area contributed by atoms with Crippen LogP contribution in [0.5, 0.6) is 5.75 Å². The first-order chi connectivity index (χ1) is 13.1. The van der Waals surface area contributed by atoms with Gasteiger partial charge in [-0.05, 0) is 49.4 Å². The molecule has 1 atom stereocenters. The standard InChI is InChI=1S/C19H19N5O3/c1-12-10-24(14-4-6-15(27-2)7-5-14)18(25)11-23(12)19(26)13-3-8-16-17(9-13)21-22-20-16/h3-9,12H,10-11H2,1-2H3,(H,20,21,22)/t12-/m1/s1. The summed E-state index contributed by atoms with van der Waals surface area (Å²) in [6, 6.07) is 12.3. The van der Waals surface area contributed by atoms with Gasteiger partial charge in [-0.3, -0.25) is 9.59 Å². The summed E-state index contributed by atoms with van der Waals surface area (Å²) in [7, 11) is 1.60. The molecule has 2 heterocycles. The summed E-state index contributed by atoms with van der Waals surface area (Å²) >= 11 is 0. The summed E-state index contributed by atoms with van der Waals surface area (Å²) in [5.41, 5.74) is 2.61. The van der Waals surface area contributed by atoms with E-state index in [1.165, 1.54) is 0 Å². The van der Waals surface area contributed by atoms with E-state index >= 15 is 0 Å². The second kappa shape index (κ2) is 6.71. The molecule has 1 saturated heterocycles. The predicted molar refractivity (Wildman–Crippen MR) is 99.7 cm³/mol. The van der Waals surface area contributed by atoms with Gasteiger partial charge >= 0.3 is 0 Å². The zero-order chi connectivity index (χ0) is 19.0. The van der Waals surface area contributed by atoms with Crippen molar-refractivity contribution in [1.29, 1.82) is 0 Å². The van der Waals surface area contributed by atoms with Crippen LogP contribution in [0.25, 0.3) is 11.0 Å². The van der Waals surface area contributed by atoms with Crippen molar-refractivity contribution in [1.82, 2.24) is 20.3 Å². The number of H-pyrrole nitrogens is 1. The molecule has 138 valence electrons. The highest BCUT2D eigenvalue weighted by molar-refractivity contribution is 6.03. The Morgan fingerprint density at radius 3 is 2.63 bits per heavy atom. The first-order valence-electron chi connectivity index (χ1n) is 8.63. The topological polar surface area (TPSA) is 91.4 Å². The van der Waals surface area contributed by atoms with Crippen LogP contribution >= 0.6 is 0 Å². The number of methoxy groups -OCH3 is 1. The highest BCUT2D eigenvalue weighted by Crippen LogP contribution is 2.24. The van der Waals surface area contributed by atoms with Crippen LogP contribution in [-0.2, 0) is 4.79 Å². The van der Waals surface area contributed by atoms with Crippen LogP contribution in [-0.4, -0.2) is 58.4 Å². The average Bonchev–Trinajstić information content (AvgIpc) is 3.17. The SMILES string of the molecule is COc1ccc(N2C[C@@H](C)N(C(=O)c3ccc4n[nH]nc4c3)CC2=O)cc1. The molecule has 2 amide bonds. The lowest BCUT2D eigenvalue weighted by molar-refractivity contribution is -0.121. The highest BCUT2D eigenvalue weighted by atomic mass is 16.5. The predicted octanol–water partition coefficient (Wildman–Crippen LogP) is 1.84. The number of rotatable bonds is 3. The smallest absolute Gasteiger partial charge is 0.254 e. The third-order valence-corrected chi connectivity index (χ3v) is 4.79. The number of carbonyl (C=O) groups is 2. The monoisotopic (exact) mass is 365 g/mol. The number of fused-ring (bicyclic) bond motifs is 1. The van der Waals surface area contributed by atoms with E-state index in [2.05, 4.69) is 15.4 Å². The number of benzene rings is 2.